The highest BCUT2D eigenvalue weighted by molar-refractivity contribution is 5.89. The Labute approximate surface area is 182 Å². The molecule has 0 radical (unpaired) electrons. The third-order valence-electron chi connectivity index (χ3n) is 7.57. The van der Waals surface area contributed by atoms with Crippen LogP contribution in [0.3, 0.4) is 0 Å². The second-order valence-corrected chi connectivity index (χ2v) is 9.68. The summed E-state index contributed by atoms with van der Waals surface area (Å²) in [7, 11) is 0. The van der Waals surface area contributed by atoms with Gasteiger partial charge >= 0.3 is 5.63 Å². The predicted molar refractivity (Wildman–Crippen MR) is 117 cm³/mol. The summed E-state index contributed by atoms with van der Waals surface area (Å²) in [6.07, 6.45) is 6.48. The molecule has 31 heavy (non-hydrogen) atoms. The van der Waals surface area contributed by atoms with Crippen molar-refractivity contribution in [2.45, 2.75) is 76.9 Å². The fourth-order valence-electron chi connectivity index (χ4n) is 5.87. The molecule has 1 saturated heterocycles. The van der Waals surface area contributed by atoms with Crippen molar-refractivity contribution >= 4 is 16.9 Å². The van der Waals surface area contributed by atoms with Gasteiger partial charge in [0.1, 0.15) is 11.3 Å². The quantitative estimate of drug-likeness (QED) is 0.762. The molecule has 3 aliphatic rings. The molecule has 1 aromatic carbocycles. The highest BCUT2D eigenvalue weighted by Crippen LogP contribution is 2.40. The number of nitrogens with zero attached hydrogens (tertiary/aromatic N) is 1. The molecule has 0 unspecified atom stereocenters. The molecule has 2 aromatic rings. The van der Waals surface area contributed by atoms with Crippen LogP contribution in [0.25, 0.3) is 11.0 Å². The van der Waals surface area contributed by atoms with E-state index in [4.69, 9.17) is 9.15 Å². The Morgan fingerprint density at radius 1 is 1.23 bits per heavy atom. The van der Waals surface area contributed by atoms with Crippen LogP contribution in [0, 0.1) is 12.8 Å². The second kappa shape index (κ2) is 7.66. The molecule has 6 nitrogen and oxygen atoms in total. The van der Waals surface area contributed by atoms with E-state index in [9.17, 15) is 14.7 Å². The number of hydrogen-bond acceptors (Lipinski definition) is 5. The summed E-state index contributed by atoms with van der Waals surface area (Å²) < 4.78 is 11.8. The monoisotopic (exact) mass is 425 g/mol. The number of amides is 1. The molecule has 1 amide bonds. The van der Waals surface area contributed by atoms with E-state index in [-0.39, 0.29) is 17.5 Å². The average molecular weight is 426 g/mol. The second-order valence-electron chi connectivity index (χ2n) is 9.68. The van der Waals surface area contributed by atoms with Crippen LogP contribution in [0.1, 0.15) is 62.1 Å². The van der Waals surface area contributed by atoms with Crippen molar-refractivity contribution in [3.63, 3.8) is 0 Å². The first-order valence-corrected chi connectivity index (χ1v) is 11.6. The lowest BCUT2D eigenvalue weighted by atomic mass is 9.71. The zero-order chi connectivity index (χ0) is 21.8. The van der Waals surface area contributed by atoms with Gasteiger partial charge in [0.15, 0.2) is 6.10 Å². The molecule has 6 heteroatoms. The lowest BCUT2D eigenvalue weighted by Crippen LogP contribution is -2.56. The fourth-order valence-corrected chi connectivity index (χ4v) is 5.87. The minimum atomic E-state index is -0.649. The number of carbonyl (C=O) groups is 1. The van der Waals surface area contributed by atoms with Gasteiger partial charge < -0.3 is 19.2 Å². The maximum Gasteiger partial charge on any atom is 0.339 e. The minimum Gasteiger partial charge on any atom is -0.480 e. The topological polar surface area (TPSA) is 80.0 Å². The van der Waals surface area contributed by atoms with E-state index in [0.29, 0.717) is 30.8 Å². The van der Waals surface area contributed by atoms with Crippen molar-refractivity contribution in [1.82, 2.24) is 4.90 Å². The van der Waals surface area contributed by atoms with Gasteiger partial charge in [-0.2, -0.15) is 0 Å². The maximum atomic E-state index is 13.2. The summed E-state index contributed by atoms with van der Waals surface area (Å²) in [5.74, 6) is 0.726. The summed E-state index contributed by atoms with van der Waals surface area (Å²) in [5.41, 5.74) is 2.34. The van der Waals surface area contributed by atoms with Gasteiger partial charge in [-0.25, -0.2) is 4.79 Å². The van der Waals surface area contributed by atoms with E-state index in [1.54, 1.807) is 6.92 Å². The van der Waals surface area contributed by atoms with Gasteiger partial charge in [-0.1, -0.05) is 12.8 Å². The fraction of sp³-hybridized carbons (Fsp3) is 0.600. The number of ether oxygens (including phenoxy) is 1. The normalized spacial score (nSPS) is 26.4. The zero-order valence-electron chi connectivity index (χ0n) is 18.4. The van der Waals surface area contributed by atoms with Gasteiger partial charge in [-0.3, -0.25) is 4.79 Å². The maximum absolute atomic E-state index is 13.2. The Bertz CT molecular complexity index is 1090. The molecule has 1 saturated carbocycles. The Balaban J connectivity index is 1.40. The van der Waals surface area contributed by atoms with Gasteiger partial charge in [-0.15, -0.1) is 0 Å². The van der Waals surface area contributed by atoms with Crippen molar-refractivity contribution in [1.29, 1.82) is 0 Å². The SMILES string of the molecule is Cc1cc(O[C@@H](C)C(=O)N2CC[C@]3(O)CCCC[C@@H]3C2)c2c3c(c(=O)oc2c1)CCC3. The van der Waals surface area contributed by atoms with Crippen molar-refractivity contribution in [3.8, 4) is 5.75 Å². The largest absolute Gasteiger partial charge is 0.480 e. The summed E-state index contributed by atoms with van der Waals surface area (Å²) in [4.78, 5) is 27.4. The number of likely N-dealkylation sites (tertiary alicyclic amines) is 1. The molecule has 1 aromatic heterocycles. The van der Waals surface area contributed by atoms with Crippen LogP contribution in [0.4, 0.5) is 0 Å². The summed E-state index contributed by atoms with van der Waals surface area (Å²) in [5, 5.41) is 11.8. The predicted octanol–water partition coefficient (Wildman–Crippen LogP) is 3.51. The number of fused-ring (bicyclic) bond motifs is 4. The molecule has 2 aliphatic carbocycles. The van der Waals surface area contributed by atoms with Crippen molar-refractivity contribution in [2.75, 3.05) is 13.1 Å². The summed E-state index contributed by atoms with van der Waals surface area (Å²) in [6.45, 7) is 4.89. The Morgan fingerprint density at radius 2 is 2.03 bits per heavy atom. The van der Waals surface area contributed by atoms with E-state index in [0.717, 1.165) is 67.0 Å². The van der Waals surface area contributed by atoms with Crippen LogP contribution in [0.5, 0.6) is 5.75 Å². The van der Waals surface area contributed by atoms with E-state index in [1.165, 1.54) is 0 Å². The van der Waals surface area contributed by atoms with Crippen molar-refractivity contribution in [3.05, 3.63) is 39.2 Å². The third-order valence-corrected chi connectivity index (χ3v) is 7.57. The number of aryl methyl sites for hydroxylation is 2. The number of hydrogen-bond donors (Lipinski definition) is 1. The molecule has 1 aliphatic heterocycles. The average Bonchev–Trinajstić information content (AvgIpc) is 3.22. The van der Waals surface area contributed by atoms with Crippen LogP contribution < -0.4 is 10.4 Å². The Hall–Kier alpha value is -2.34. The minimum absolute atomic E-state index is 0.0451. The van der Waals surface area contributed by atoms with Crippen molar-refractivity contribution in [2.24, 2.45) is 5.92 Å². The van der Waals surface area contributed by atoms with Gasteiger partial charge in [0.05, 0.1) is 11.0 Å². The van der Waals surface area contributed by atoms with Gasteiger partial charge in [0.2, 0.25) is 0 Å². The van der Waals surface area contributed by atoms with Crippen LogP contribution >= 0.6 is 0 Å². The summed E-state index contributed by atoms with van der Waals surface area (Å²) in [6, 6.07) is 3.80. The highest BCUT2D eigenvalue weighted by atomic mass is 16.5. The lowest BCUT2D eigenvalue weighted by Gasteiger charge is -2.47. The molecule has 3 atom stereocenters. The molecule has 0 bridgehead atoms. The standard InChI is InChI=1S/C25H31NO5/c1-15-12-20(22-18-7-5-8-19(18)24(28)31-21(22)13-15)30-16(2)23(27)26-11-10-25(29)9-4-3-6-17(25)14-26/h12-13,16-17,29H,3-11,14H2,1-2H3/t16-,17+,25+/m0/s1. The van der Waals surface area contributed by atoms with Crippen LogP contribution in [0.15, 0.2) is 21.3 Å². The molecule has 0 spiro atoms. The number of aliphatic hydroxyl groups is 1. The zero-order valence-corrected chi connectivity index (χ0v) is 18.4. The molecular formula is C25H31NO5. The Morgan fingerprint density at radius 3 is 2.87 bits per heavy atom. The van der Waals surface area contributed by atoms with Crippen LogP contribution in [-0.2, 0) is 17.6 Å². The van der Waals surface area contributed by atoms with E-state index in [2.05, 4.69) is 0 Å². The number of carbonyl (C=O) groups excluding carboxylic acids is 1. The third kappa shape index (κ3) is 3.55. The van der Waals surface area contributed by atoms with E-state index >= 15 is 0 Å². The smallest absolute Gasteiger partial charge is 0.339 e. The molecule has 166 valence electrons. The Kier molecular flexibility index (Phi) is 5.08. The van der Waals surface area contributed by atoms with E-state index in [1.807, 2.05) is 24.0 Å². The van der Waals surface area contributed by atoms with Crippen LogP contribution in [0.2, 0.25) is 0 Å². The van der Waals surface area contributed by atoms with E-state index < -0.39 is 11.7 Å². The molecule has 5 rings (SSSR count). The van der Waals surface area contributed by atoms with Crippen molar-refractivity contribution < 1.29 is 19.1 Å². The number of benzene rings is 1. The first-order valence-electron chi connectivity index (χ1n) is 11.6. The summed E-state index contributed by atoms with van der Waals surface area (Å²) >= 11 is 0. The molecule has 2 fully saturated rings. The highest BCUT2D eigenvalue weighted by Gasteiger charge is 2.44. The first kappa shape index (κ1) is 20.6. The van der Waals surface area contributed by atoms with Gasteiger partial charge in [0, 0.05) is 24.6 Å². The molecule has 2 heterocycles. The van der Waals surface area contributed by atoms with Gasteiger partial charge in [-0.05, 0) is 75.6 Å². The van der Waals surface area contributed by atoms with Crippen LogP contribution in [-0.4, -0.2) is 40.7 Å². The molecule has 1 N–H and O–H groups in total. The number of rotatable bonds is 3. The number of piperidine rings is 1. The van der Waals surface area contributed by atoms with Gasteiger partial charge in [0.25, 0.3) is 5.91 Å². The molecular weight excluding hydrogens is 394 g/mol. The lowest BCUT2D eigenvalue weighted by molar-refractivity contribution is -0.149. The first-order chi connectivity index (χ1) is 14.9.